The van der Waals surface area contributed by atoms with Gasteiger partial charge in [0.1, 0.15) is 11.4 Å². The quantitative estimate of drug-likeness (QED) is 0.824. The molecule has 2 aromatic rings. The van der Waals surface area contributed by atoms with Gasteiger partial charge in [0.05, 0.1) is 10.9 Å². The summed E-state index contributed by atoms with van der Waals surface area (Å²) in [5, 5.41) is 10.6. The molecular formula is C19H26N4O4. The highest BCUT2D eigenvalue weighted by Gasteiger charge is 2.32. The van der Waals surface area contributed by atoms with Gasteiger partial charge in [-0.05, 0) is 47.5 Å². The van der Waals surface area contributed by atoms with Crippen LogP contribution in [0.3, 0.4) is 0 Å². The molecule has 1 unspecified atom stereocenters. The first-order valence-electron chi connectivity index (χ1n) is 9.14. The van der Waals surface area contributed by atoms with Gasteiger partial charge in [-0.15, -0.1) is 0 Å². The minimum atomic E-state index is -0.543. The molecule has 1 N–H and O–H groups in total. The van der Waals surface area contributed by atoms with Gasteiger partial charge >= 0.3 is 6.09 Å². The van der Waals surface area contributed by atoms with Gasteiger partial charge in [-0.1, -0.05) is 0 Å². The first kappa shape index (κ1) is 19.1. The number of hydrogen-bond acceptors (Lipinski definition) is 6. The van der Waals surface area contributed by atoms with Crippen LogP contribution in [0.4, 0.5) is 4.79 Å². The number of fused-ring (bicyclic) bond motifs is 1. The number of ether oxygens (including phenoxy) is 1. The molecule has 1 saturated heterocycles. The van der Waals surface area contributed by atoms with Gasteiger partial charge in [0.15, 0.2) is 0 Å². The molecule has 1 fully saturated rings. The minimum absolute atomic E-state index is 0.0657. The maximum atomic E-state index is 12.6. The van der Waals surface area contributed by atoms with Gasteiger partial charge in [0, 0.05) is 30.9 Å². The Kier molecular flexibility index (Phi) is 4.84. The number of piperidine rings is 1. The van der Waals surface area contributed by atoms with Crippen LogP contribution < -0.4 is 5.56 Å². The Hall–Kier alpha value is -2.64. The van der Waals surface area contributed by atoms with E-state index in [0.29, 0.717) is 36.1 Å². The predicted octanol–water partition coefficient (Wildman–Crippen LogP) is 2.77. The maximum absolute atomic E-state index is 12.6. The Balaban J connectivity index is 1.84. The number of carbonyl (C=O) groups excluding carboxylic acids is 1. The molecule has 1 aliphatic rings. The maximum Gasteiger partial charge on any atom is 0.410 e. The fraction of sp³-hybridized carbons (Fsp3) is 0.579. The van der Waals surface area contributed by atoms with Crippen molar-refractivity contribution in [3.05, 3.63) is 28.4 Å². The lowest BCUT2D eigenvalue weighted by molar-refractivity contribution is 0.00773. The van der Waals surface area contributed by atoms with Crippen LogP contribution in [0.2, 0.25) is 0 Å². The van der Waals surface area contributed by atoms with Crippen molar-refractivity contribution in [2.75, 3.05) is 6.54 Å². The molecular weight excluding hydrogens is 348 g/mol. The van der Waals surface area contributed by atoms with E-state index in [1.165, 1.54) is 6.07 Å². The van der Waals surface area contributed by atoms with Crippen LogP contribution in [-0.4, -0.2) is 48.8 Å². The summed E-state index contributed by atoms with van der Waals surface area (Å²) in [5.74, 6) is 0.280. The molecule has 3 rings (SSSR count). The number of aromatic nitrogens is 3. The average Bonchev–Trinajstić information content (AvgIpc) is 2.52. The number of aryl methyl sites for hydroxylation is 1. The summed E-state index contributed by atoms with van der Waals surface area (Å²) < 4.78 is 7.08. The second-order valence-corrected chi connectivity index (χ2v) is 8.11. The van der Waals surface area contributed by atoms with E-state index in [4.69, 9.17) is 4.74 Å². The van der Waals surface area contributed by atoms with E-state index in [1.807, 2.05) is 27.7 Å². The van der Waals surface area contributed by atoms with Gasteiger partial charge in [-0.2, -0.15) is 4.98 Å². The standard InChI is InChI=1S/C19H26N4O4/c1-11-8-13(6-7-22(11)18(26)27-19(3,4)5)23-10-14-15(9-16(23)24)20-12(2)21-17(14)25/h9-11,13H,6-8H2,1-5H3,(H,20,21,25)/t11-,13?/m1/s1. The van der Waals surface area contributed by atoms with Crippen LogP contribution in [0.1, 0.15) is 52.4 Å². The molecule has 146 valence electrons. The number of amides is 1. The fourth-order valence-electron chi connectivity index (χ4n) is 3.49. The first-order valence-corrected chi connectivity index (χ1v) is 9.14. The third-order valence-corrected chi connectivity index (χ3v) is 4.72. The van der Waals surface area contributed by atoms with Crippen molar-refractivity contribution in [2.45, 2.75) is 65.1 Å². The zero-order valence-corrected chi connectivity index (χ0v) is 16.4. The Morgan fingerprint density at radius 3 is 2.67 bits per heavy atom. The fourth-order valence-corrected chi connectivity index (χ4v) is 3.49. The molecule has 0 aromatic carbocycles. The molecule has 1 amide bonds. The molecule has 3 heterocycles. The van der Waals surface area contributed by atoms with Crippen LogP contribution in [-0.2, 0) is 4.74 Å². The second kappa shape index (κ2) is 6.83. The highest BCUT2D eigenvalue weighted by molar-refractivity contribution is 5.82. The SMILES string of the molecule is Cc1nc(O)c2cn(C3CCN(C(=O)OC(C)(C)C)[C@H](C)C3)c(=O)cc2n1. The molecule has 27 heavy (non-hydrogen) atoms. The zero-order chi connectivity index (χ0) is 19.9. The van der Waals surface area contributed by atoms with Crippen LogP contribution in [0.25, 0.3) is 10.9 Å². The van der Waals surface area contributed by atoms with E-state index in [0.717, 1.165) is 0 Å². The van der Waals surface area contributed by atoms with Crippen molar-refractivity contribution in [3.8, 4) is 5.88 Å². The van der Waals surface area contributed by atoms with E-state index in [9.17, 15) is 14.7 Å². The lowest BCUT2D eigenvalue weighted by Gasteiger charge is -2.38. The van der Waals surface area contributed by atoms with Gasteiger partial charge in [-0.25, -0.2) is 9.78 Å². The molecule has 0 saturated carbocycles. The Morgan fingerprint density at radius 1 is 1.33 bits per heavy atom. The second-order valence-electron chi connectivity index (χ2n) is 8.11. The van der Waals surface area contributed by atoms with Crippen molar-refractivity contribution >= 4 is 17.0 Å². The van der Waals surface area contributed by atoms with E-state index < -0.39 is 5.60 Å². The predicted molar refractivity (Wildman–Crippen MR) is 101 cm³/mol. The van der Waals surface area contributed by atoms with Gasteiger partial charge in [0.2, 0.25) is 5.88 Å². The molecule has 2 aromatic heterocycles. The summed E-state index contributed by atoms with van der Waals surface area (Å²) in [6.45, 7) is 9.64. The van der Waals surface area contributed by atoms with Crippen molar-refractivity contribution in [3.63, 3.8) is 0 Å². The largest absolute Gasteiger partial charge is 0.493 e. The van der Waals surface area contributed by atoms with Crippen molar-refractivity contribution in [1.29, 1.82) is 0 Å². The zero-order valence-electron chi connectivity index (χ0n) is 16.4. The van der Waals surface area contributed by atoms with Gasteiger partial charge in [-0.3, -0.25) is 4.79 Å². The Morgan fingerprint density at radius 2 is 2.04 bits per heavy atom. The number of nitrogens with zero attached hydrogens (tertiary/aromatic N) is 4. The third-order valence-electron chi connectivity index (χ3n) is 4.72. The summed E-state index contributed by atoms with van der Waals surface area (Å²) in [6, 6.07) is 1.29. The Labute approximate surface area is 157 Å². The third kappa shape index (κ3) is 4.04. The number of hydrogen-bond donors (Lipinski definition) is 1. The molecule has 1 aliphatic heterocycles. The summed E-state index contributed by atoms with van der Waals surface area (Å²) in [4.78, 5) is 34.8. The molecule has 8 heteroatoms. The highest BCUT2D eigenvalue weighted by atomic mass is 16.6. The topological polar surface area (TPSA) is 97.5 Å². The lowest BCUT2D eigenvalue weighted by Crippen LogP contribution is -2.47. The number of pyridine rings is 1. The van der Waals surface area contributed by atoms with Crippen LogP contribution in [0.5, 0.6) is 5.88 Å². The number of likely N-dealkylation sites (tertiary alicyclic amines) is 1. The smallest absolute Gasteiger partial charge is 0.410 e. The highest BCUT2D eigenvalue weighted by Crippen LogP contribution is 2.29. The summed E-state index contributed by atoms with van der Waals surface area (Å²) in [5.41, 5.74) is -0.290. The Bertz CT molecular complexity index is 932. The van der Waals surface area contributed by atoms with E-state index in [2.05, 4.69) is 9.97 Å². The molecule has 8 nitrogen and oxygen atoms in total. The molecule has 0 bridgehead atoms. The van der Waals surface area contributed by atoms with Crippen molar-refractivity contribution < 1.29 is 14.6 Å². The van der Waals surface area contributed by atoms with E-state index in [1.54, 1.807) is 22.6 Å². The minimum Gasteiger partial charge on any atom is -0.493 e. The van der Waals surface area contributed by atoms with Gasteiger partial charge < -0.3 is 19.3 Å². The monoisotopic (exact) mass is 374 g/mol. The average molecular weight is 374 g/mol. The van der Waals surface area contributed by atoms with E-state index in [-0.39, 0.29) is 29.6 Å². The molecule has 0 radical (unpaired) electrons. The lowest BCUT2D eigenvalue weighted by atomic mass is 9.98. The molecule has 0 spiro atoms. The summed E-state index contributed by atoms with van der Waals surface area (Å²) >= 11 is 0. The van der Waals surface area contributed by atoms with Crippen LogP contribution in [0, 0.1) is 6.92 Å². The van der Waals surface area contributed by atoms with Gasteiger partial charge in [0.25, 0.3) is 5.56 Å². The van der Waals surface area contributed by atoms with E-state index >= 15 is 0 Å². The molecule has 0 aliphatic carbocycles. The molecule has 2 atom stereocenters. The van der Waals surface area contributed by atoms with Crippen LogP contribution in [0.15, 0.2) is 17.1 Å². The first-order chi connectivity index (χ1) is 12.5. The number of carbonyl (C=O) groups is 1. The van der Waals surface area contributed by atoms with Crippen LogP contribution >= 0.6 is 0 Å². The number of aromatic hydroxyl groups is 1. The normalized spacial score (nSPS) is 20.7. The van der Waals surface area contributed by atoms with Crippen molar-refractivity contribution in [1.82, 2.24) is 19.4 Å². The summed E-state index contributed by atoms with van der Waals surface area (Å²) in [6.07, 6.45) is 2.54. The van der Waals surface area contributed by atoms with Crippen molar-refractivity contribution in [2.24, 2.45) is 0 Å². The summed E-state index contributed by atoms with van der Waals surface area (Å²) in [7, 11) is 0. The number of rotatable bonds is 1.